The first-order valence-electron chi connectivity index (χ1n) is 9.04. The van der Waals surface area contributed by atoms with E-state index in [1.54, 1.807) is 0 Å². The Morgan fingerprint density at radius 1 is 1.00 bits per heavy atom. The van der Waals surface area contributed by atoms with Crippen molar-refractivity contribution in [3.8, 4) is 6.07 Å². The van der Waals surface area contributed by atoms with Crippen LogP contribution in [-0.4, -0.2) is 23.3 Å². The summed E-state index contributed by atoms with van der Waals surface area (Å²) >= 11 is 0. The van der Waals surface area contributed by atoms with Gasteiger partial charge in [-0.05, 0) is 75.0 Å². The first kappa shape index (κ1) is 17.0. The van der Waals surface area contributed by atoms with Gasteiger partial charge in [-0.1, -0.05) is 12.1 Å². The zero-order chi connectivity index (χ0) is 16.9. The van der Waals surface area contributed by atoms with Crippen molar-refractivity contribution in [1.29, 1.82) is 5.26 Å². The zero-order valence-corrected chi connectivity index (χ0v) is 14.0. The van der Waals surface area contributed by atoms with Gasteiger partial charge in [0.15, 0.2) is 0 Å². The van der Waals surface area contributed by atoms with Crippen LogP contribution >= 0.6 is 0 Å². The molecule has 0 atom stereocenters. The molecule has 1 aromatic rings. The average Bonchev–Trinajstić information content (AvgIpc) is 2.63. The molecule has 0 aliphatic heterocycles. The number of aliphatic hydroxyl groups is 1. The van der Waals surface area contributed by atoms with Crippen molar-refractivity contribution < 1.29 is 14.6 Å². The predicted octanol–water partition coefficient (Wildman–Crippen LogP) is 3.68. The van der Waals surface area contributed by atoms with Crippen LogP contribution < -0.4 is 0 Å². The smallest absolute Gasteiger partial charge is 0.309 e. The van der Waals surface area contributed by atoms with Gasteiger partial charge in [0.2, 0.25) is 0 Å². The molecule has 24 heavy (non-hydrogen) atoms. The third kappa shape index (κ3) is 4.15. The van der Waals surface area contributed by atoms with E-state index in [0.717, 1.165) is 38.5 Å². The molecule has 0 aromatic heterocycles. The standard InChI is InChI=1S/C20H25NO3/c21-13-14-1-3-15(4-2-14)16-7-11-19(12-8-16)24-20(23)17-5-9-18(22)10-6-17/h1-4,16-19,22H,5-12H2. The van der Waals surface area contributed by atoms with Crippen LogP contribution in [0.25, 0.3) is 0 Å². The molecular weight excluding hydrogens is 302 g/mol. The molecule has 128 valence electrons. The van der Waals surface area contributed by atoms with Gasteiger partial charge in [-0.2, -0.15) is 5.26 Å². The molecule has 4 nitrogen and oxygen atoms in total. The summed E-state index contributed by atoms with van der Waals surface area (Å²) in [6, 6.07) is 9.98. The second-order valence-electron chi connectivity index (χ2n) is 7.15. The van der Waals surface area contributed by atoms with Crippen LogP contribution in [0.1, 0.15) is 68.4 Å². The lowest BCUT2D eigenvalue weighted by Crippen LogP contribution is -2.30. The van der Waals surface area contributed by atoms with Crippen LogP contribution in [0.2, 0.25) is 0 Å². The molecule has 0 spiro atoms. The second-order valence-corrected chi connectivity index (χ2v) is 7.15. The number of aliphatic hydroxyl groups excluding tert-OH is 1. The molecule has 0 heterocycles. The van der Waals surface area contributed by atoms with Gasteiger partial charge in [0.25, 0.3) is 0 Å². The molecule has 0 bridgehead atoms. The van der Waals surface area contributed by atoms with E-state index in [1.807, 2.05) is 24.3 Å². The van der Waals surface area contributed by atoms with Crippen LogP contribution in [0, 0.1) is 17.2 Å². The van der Waals surface area contributed by atoms with E-state index in [2.05, 4.69) is 6.07 Å². The van der Waals surface area contributed by atoms with E-state index in [0.29, 0.717) is 24.3 Å². The molecule has 3 rings (SSSR count). The lowest BCUT2D eigenvalue weighted by Gasteiger charge is -2.31. The largest absolute Gasteiger partial charge is 0.462 e. The van der Waals surface area contributed by atoms with Gasteiger partial charge in [-0.15, -0.1) is 0 Å². The second kappa shape index (κ2) is 7.81. The summed E-state index contributed by atoms with van der Waals surface area (Å²) in [4.78, 5) is 12.3. The Bertz CT molecular complexity index is 588. The number of carbonyl (C=O) groups excluding carboxylic acids is 1. The number of hydrogen-bond acceptors (Lipinski definition) is 4. The third-order valence-corrected chi connectivity index (χ3v) is 5.50. The van der Waals surface area contributed by atoms with Crippen LogP contribution in [0.15, 0.2) is 24.3 Å². The van der Waals surface area contributed by atoms with Crippen LogP contribution in [0.4, 0.5) is 0 Å². The van der Waals surface area contributed by atoms with Gasteiger partial charge in [0, 0.05) is 0 Å². The Kier molecular flexibility index (Phi) is 5.52. The summed E-state index contributed by atoms with van der Waals surface area (Å²) in [6.07, 6.45) is 6.59. The number of hydrogen-bond donors (Lipinski definition) is 1. The van der Waals surface area contributed by atoms with Crippen LogP contribution in [0.5, 0.6) is 0 Å². The number of nitriles is 1. The fourth-order valence-corrected chi connectivity index (χ4v) is 3.92. The molecule has 2 fully saturated rings. The lowest BCUT2D eigenvalue weighted by molar-refractivity contribution is -0.157. The van der Waals surface area contributed by atoms with Gasteiger partial charge < -0.3 is 9.84 Å². The summed E-state index contributed by atoms with van der Waals surface area (Å²) in [6.45, 7) is 0. The Morgan fingerprint density at radius 3 is 2.21 bits per heavy atom. The molecule has 0 amide bonds. The highest BCUT2D eigenvalue weighted by atomic mass is 16.5. The van der Waals surface area contributed by atoms with Crippen LogP contribution in [0.3, 0.4) is 0 Å². The van der Waals surface area contributed by atoms with Crippen molar-refractivity contribution in [3.05, 3.63) is 35.4 Å². The molecule has 1 N–H and O–H groups in total. The maximum atomic E-state index is 12.3. The molecule has 1 aromatic carbocycles. The van der Waals surface area contributed by atoms with Crippen molar-refractivity contribution >= 4 is 5.97 Å². The summed E-state index contributed by atoms with van der Waals surface area (Å²) in [7, 11) is 0. The van der Waals surface area contributed by atoms with Crippen molar-refractivity contribution in [1.82, 2.24) is 0 Å². The van der Waals surface area contributed by atoms with Crippen molar-refractivity contribution in [2.45, 2.75) is 69.5 Å². The zero-order valence-electron chi connectivity index (χ0n) is 14.0. The number of rotatable bonds is 3. The van der Waals surface area contributed by atoms with Crippen molar-refractivity contribution in [2.24, 2.45) is 5.92 Å². The average molecular weight is 327 g/mol. The number of esters is 1. The molecule has 4 heteroatoms. The summed E-state index contributed by atoms with van der Waals surface area (Å²) < 4.78 is 5.72. The fourth-order valence-electron chi connectivity index (χ4n) is 3.92. The highest BCUT2D eigenvalue weighted by Crippen LogP contribution is 2.35. The van der Waals surface area contributed by atoms with Crippen molar-refractivity contribution in [3.63, 3.8) is 0 Å². The number of ether oxygens (including phenoxy) is 1. The highest BCUT2D eigenvalue weighted by Gasteiger charge is 2.30. The molecular formula is C20H25NO3. The van der Waals surface area contributed by atoms with Gasteiger partial charge in [0.1, 0.15) is 6.10 Å². The summed E-state index contributed by atoms with van der Waals surface area (Å²) in [5.74, 6) is 0.408. The normalized spacial score (nSPS) is 30.3. The first-order valence-corrected chi connectivity index (χ1v) is 9.04. The molecule has 0 radical (unpaired) electrons. The monoisotopic (exact) mass is 327 g/mol. The van der Waals surface area contributed by atoms with Gasteiger partial charge in [-0.25, -0.2) is 0 Å². The van der Waals surface area contributed by atoms with E-state index in [-0.39, 0.29) is 24.1 Å². The summed E-state index contributed by atoms with van der Waals surface area (Å²) in [5.41, 5.74) is 1.97. The molecule has 2 aliphatic rings. The molecule has 0 unspecified atom stereocenters. The van der Waals surface area contributed by atoms with E-state index in [1.165, 1.54) is 5.56 Å². The molecule has 2 aliphatic carbocycles. The first-order chi connectivity index (χ1) is 11.7. The van der Waals surface area contributed by atoms with E-state index in [9.17, 15) is 9.90 Å². The van der Waals surface area contributed by atoms with Gasteiger partial charge in [-0.3, -0.25) is 4.79 Å². The number of carbonyl (C=O) groups is 1. The van der Waals surface area contributed by atoms with Crippen molar-refractivity contribution in [2.75, 3.05) is 0 Å². The van der Waals surface area contributed by atoms with Gasteiger partial charge >= 0.3 is 5.97 Å². The van der Waals surface area contributed by atoms with Gasteiger partial charge in [0.05, 0.1) is 23.7 Å². The van der Waals surface area contributed by atoms with E-state index < -0.39 is 0 Å². The minimum atomic E-state index is -0.239. The minimum absolute atomic E-state index is 0.0235. The number of benzene rings is 1. The van der Waals surface area contributed by atoms with E-state index in [4.69, 9.17) is 10.00 Å². The van der Waals surface area contributed by atoms with E-state index >= 15 is 0 Å². The third-order valence-electron chi connectivity index (χ3n) is 5.50. The minimum Gasteiger partial charge on any atom is -0.462 e. The Labute approximate surface area is 143 Å². The SMILES string of the molecule is N#Cc1ccc(C2CCC(OC(=O)C3CCC(O)CC3)CC2)cc1. The molecule has 0 saturated heterocycles. The Hall–Kier alpha value is -1.86. The highest BCUT2D eigenvalue weighted by molar-refractivity contribution is 5.72. The maximum Gasteiger partial charge on any atom is 0.309 e. The maximum absolute atomic E-state index is 12.3. The fraction of sp³-hybridized carbons (Fsp3) is 0.600. The van der Waals surface area contributed by atoms with Crippen LogP contribution in [-0.2, 0) is 9.53 Å². The number of nitrogens with zero attached hydrogens (tertiary/aromatic N) is 1. The quantitative estimate of drug-likeness (QED) is 0.860. The Morgan fingerprint density at radius 2 is 1.62 bits per heavy atom. The summed E-state index contributed by atoms with van der Waals surface area (Å²) in [5, 5.41) is 18.4. The topological polar surface area (TPSA) is 70.3 Å². The predicted molar refractivity (Wildman–Crippen MR) is 90.2 cm³/mol. The molecule has 2 saturated carbocycles. The Balaban J connectivity index is 1.46. The lowest BCUT2D eigenvalue weighted by atomic mass is 9.82.